The lowest BCUT2D eigenvalue weighted by atomic mass is 9.75. The van der Waals surface area contributed by atoms with Gasteiger partial charge in [0.2, 0.25) is 5.91 Å². The molecule has 0 saturated carbocycles. The summed E-state index contributed by atoms with van der Waals surface area (Å²) in [4.78, 5) is 36.6. The number of aliphatic carboxylic acids is 2. The number of carboxylic acid groups (broad SMARTS) is 2. The molecule has 2 fully saturated rings. The standard InChI is InChI=1S/C18H23N5O.2C2HF3O2/c1-22-13-15(11-20-22)16-9-17(24)21-18(16)4-7-23(8-5-18)12-14-3-2-6-19-10-14;2*3-2(4,5)1(6)7/h2-3,6,10-11,13,16H,4-5,7-9,12H2,1H3,(H,21,24);2*(H,6,7). The second kappa shape index (κ2) is 12.2. The van der Waals surface area contributed by atoms with E-state index in [1.165, 1.54) is 11.1 Å². The number of nitrogens with zero attached hydrogens (tertiary/aromatic N) is 4. The second-order valence-electron chi connectivity index (χ2n) is 8.65. The quantitative estimate of drug-likeness (QED) is 0.494. The highest BCUT2D eigenvalue weighted by molar-refractivity contribution is 5.81. The van der Waals surface area contributed by atoms with Crippen molar-refractivity contribution in [1.82, 2.24) is 25.0 Å². The highest BCUT2D eigenvalue weighted by Gasteiger charge is 2.49. The number of likely N-dealkylation sites (tertiary alicyclic amines) is 1. The molecule has 2 aliphatic rings. The summed E-state index contributed by atoms with van der Waals surface area (Å²) in [6.45, 7) is 2.91. The number of pyridine rings is 1. The Labute approximate surface area is 212 Å². The fraction of sp³-hybridized carbons (Fsp3) is 0.500. The van der Waals surface area contributed by atoms with Crippen LogP contribution in [0.2, 0.25) is 0 Å². The molecule has 1 unspecified atom stereocenters. The Morgan fingerprint density at radius 1 is 1.08 bits per heavy atom. The molecule has 0 aliphatic carbocycles. The van der Waals surface area contributed by atoms with Crippen molar-refractivity contribution < 1.29 is 50.9 Å². The molecule has 0 bridgehead atoms. The second-order valence-corrected chi connectivity index (χ2v) is 8.65. The Morgan fingerprint density at radius 3 is 2.05 bits per heavy atom. The Bertz CT molecular complexity index is 1070. The molecule has 4 heterocycles. The van der Waals surface area contributed by atoms with Crippen molar-refractivity contribution in [1.29, 1.82) is 0 Å². The molecule has 10 nitrogen and oxygen atoms in total. The van der Waals surface area contributed by atoms with Gasteiger partial charge in [-0.1, -0.05) is 6.07 Å². The van der Waals surface area contributed by atoms with Crippen LogP contribution in [0.4, 0.5) is 26.3 Å². The van der Waals surface area contributed by atoms with Gasteiger partial charge < -0.3 is 15.5 Å². The third kappa shape index (κ3) is 8.71. The Kier molecular flexibility index (Phi) is 9.83. The molecule has 2 aromatic heterocycles. The molecule has 4 rings (SSSR count). The van der Waals surface area contributed by atoms with E-state index in [9.17, 15) is 31.1 Å². The maximum atomic E-state index is 12.1. The molecule has 1 spiro atoms. The van der Waals surface area contributed by atoms with Gasteiger partial charge in [0.25, 0.3) is 0 Å². The van der Waals surface area contributed by atoms with Crippen molar-refractivity contribution in [2.45, 2.75) is 49.6 Å². The highest BCUT2D eigenvalue weighted by Crippen LogP contribution is 2.43. The zero-order valence-corrected chi connectivity index (χ0v) is 20.0. The molecule has 38 heavy (non-hydrogen) atoms. The molecule has 1 amide bonds. The van der Waals surface area contributed by atoms with E-state index >= 15 is 0 Å². The van der Waals surface area contributed by atoms with E-state index in [0.29, 0.717) is 6.42 Å². The number of carbonyl (C=O) groups excluding carboxylic acids is 1. The summed E-state index contributed by atoms with van der Waals surface area (Å²) in [7, 11) is 1.93. The molecule has 0 radical (unpaired) electrons. The summed E-state index contributed by atoms with van der Waals surface area (Å²) in [5.41, 5.74) is 2.32. The van der Waals surface area contributed by atoms with Gasteiger partial charge >= 0.3 is 24.3 Å². The van der Waals surface area contributed by atoms with E-state index in [4.69, 9.17) is 19.8 Å². The van der Waals surface area contributed by atoms with E-state index in [0.717, 1.165) is 32.5 Å². The minimum absolute atomic E-state index is 0.106. The summed E-state index contributed by atoms with van der Waals surface area (Å²) in [5, 5.41) is 21.8. The van der Waals surface area contributed by atoms with Crippen molar-refractivity contribution >= 4 is 17.8 Å². The maximum Gasteiger partial charge on any atom is 0.490 e. The number of carboxylic acids is 2. The topological polar surface area (TPSA) is 138 Å². The van der Waals surface area contributed by atoms with E-state index in [-0.39, 0.29) is 17.4 Å². The summed E-state index contributed by atoms with van der Waals surface area (Å²) in [6, 6.07) is 4.10. The zero-order valence-electron chi connectivity index (χ0n) is 20.0. The lowest BCUT2D eigenvalue weighted by Crippen LogP contribution is -2.53. The van der Waals surface area contributed by atoms with Gasteiger partial charge in [0.1, 0.15) is 0 Å². The van der Waals surface area contributed by atoms with Crippen LogP contribution in [0.1, 0.15) is 36.3 Å². The number of aromatic nitrogens is 3. The van der Waals surface area contributed by atoms with Gasteiger partial charge in [-0.15, -0.1) is 0 Å². The van der Waals surface area contributed by atoms with Gasteiger partial charge in [-0.2, -0.15) is 31.4 Å². The number of hydrogen-bond donors (Lipinski definition) is 3. The molecule has 2 aliphatic heterocycles. The minimum atomic E-state index is -5.08. The SMILES string of the molecule is Cn1cc(C2CC(=O)NC23CCN(Cc2cccnc2)CC3)cn1.O=C(O)C(F)(F)F.O=C(O)C(F)(F)F. The van der Waals surface area contributed by atoms with Gasteiger partial charge in [-0.3, -0.25) is 19.4 Å². The predicted molar refractivity (Wildman–Crippen MR) is 118 cm³/mol. The average Bonchev–Trinajstić information content (AvgIpc) is 3.38. The summed E-state index contributed by atoms with van der Waals surface area (Å²) in [5.74, 6) is -5.11. The van der Waals surface area contributed by atoms with Crippen molar-refractivity contribution in [2.24, 2.45) is 7.05 Å². The fourth-order valence-corrected chi connectivity index (χ4v) is 4.19. The Balaban J connectivity index is 0.000000301. The van der Waals surface area contributed by atoms with Crippen LogP contribution < -0.4 is 5.32 Å². The van der Waals surface area contributed by atoms with Crippen LogP contribution in [0.5, 0.6) is 0 Å². The van der Waals surface area contributed by atoms with E-state index < -0.39 is 24.3 Å². The largest absolute Gasteiger partial charge is 0.490 e. The molecule has 16 heteroatoms. The number of hydrogen-bond acceptors (Lipinski definition) is 6. The number of piperidine rings is 1. The third-order valence-electron chi connectivity index (χ3n) is 5.93. The smallest absolute Gasteiger partial charge is 0.475 e. The van der Waals surface area contributed by atoms with Crippen LogP contribution in [0.3, 0.4) is 0 Å². The summed E-state index contributed by atoms with van der Waals surface area (Å²) in [6.07, 6.45) is 0.0796. The number of amides is 1. The Hall–Kier alpha value is -3.69. The van der Waals surface area contributed by atoms with Gasteiger partial charge in [0.05, 0.1) is 6.20 Å². The molecule has 2 saturated heterocycles. The molecular weight excluding hydrogens is 528 g/mol. The molecule has 3 N–H and O–H groups in total. The van der Waals surface area contributed by atoms with Crippen molar-refractivity contribution in [3.8, 4) is 0 Å². The van der Waals surface area contributed by atoms with Crippen LogP contribution in [-0.4, -0.2) is 78.7 Å². The van der Waals surface area contributed by atoms with Crippen molar-refractivity contribution in [3.63, 3.8) is 0 Å². The third-order valence-corrected chi connectivity index (χ3v) is 5.93. The van der Waals surface area contributed by atoms with Crippen LogP contribution in [0.25, 0.3) is 0 Å². The first-order valence-electron chi connectivity index (χ1n) is 11.0. The number of alkyl halides is 6. The minimum Gasteiger partial charge on any atom is -0.475 e. The van der Waals surface area contributed by atoms with Crippen LogP contribution in [0, 0.1) is 0 Å². The van der Waals surface area contributed by atoms with E-state index in [1.54, 1.807) is 6.20 Å². The van der Waals surface area contributed by atoms with Crippen LogP contribution in [-0.2, 0) is 28.0 Å². The lowest BCUT2D eigenvalue weighted by molar-refractivity contribution is -0.193. The molecule has 210 valence electrons. The molecule has 0 aromatic carbocycles. The first-order chi connectivity index (χ1) is 17.5. The molecular formula is C22H25F6N5O5. The number of carbonyl (C=O) groups is 3. The lowest BCUT2D eigenvalue weighted by Gasteiger charge is -2.42. The Morgan fingerprint density at radius 2 is 1.63 bits per heavy atom. The van der Waals surface area contributed by atoms with Gasteiger partial charge in [0, 0.05) is 63.2 Å². The first-order valence-corrected chi connectivity index (χ1v) is 11.0. The number of halogens is 6. The van der Waals surface area contributed by atoms with Crippen molar-refractivity contribution in [3.05, 3.63) is 48.0 Å². The predicted octanol–water partition coefficient (Wildman–Crippen LogP) is 2.72. The molecule has 2 aromatic rings. The zero-order chi connectivity index (χ0) is 28.7. The maximum absolute atomic E-state index is 12.1. The average molecular weight is 553 g/mol. The normalized spacial score (nSPS) is 19.0. The van der Waals surface area contributed by atoms with E-state index in [1.807, 2.05) is 30.2 Å². The summed E-state index contributed by atoms with van der Waals surface area (Å²) >= 11 is 0. The molecule has 1 atom stereocenters. The van der Waals surface area contributed by atoms with Gasteiger partial charge in [0.15, 0.2) is 0 Å². The highest BCUT2D eigenvalue weighted by atomic mass is 19.4. The van der Waals surface area contributed by atoms with Crippen LogP contribution in [0.15, 0.2) is 36.9 Å². The monoisotopic (exact) mass is 553 g/mol. The van der Waals surface area contributed by atoms with Crippen LogP contribution >= 0.6 is 0 Å². The van der Waals surface area contributed by atoms with Crippen molar-refractivity contribution in [2.75, 3.05) is 13.1 Å². The number of rotatable bonds is 3. The van der Waals surface area contributed by atoms with Gasteiger partial charge in [-0.25, -0.2) is 9.59 Å². The number of aryl methyl sites for hydroxylation is 1. The summed E-state index contributed by atoms with van der Waals surface area (Å²) < 4.78 is 65.3. The first kappa shape index (κ1) is 30.5. The van der Waals surface area contributed by atoms with E-state index in [2.05, 4.69) is 32.6 Å². The van der Waals surface area contributed by atoms with Gasteiger partial charge in [-0.05, 0) is 30.0 Å². The fourth-order valence-electron chi connectivity index (χ4n) is 4.19. The number of nitrogens with one attached hydrogen (secondary N) is 1.